The molecule has 2 N–H and O–H groups in total. The first-order valence-electron chi connectivity index (χ1n) is 10.2. The first-order chi connectivity index (χ1) is 14.8. The van der Waals surface area contributed by atoms with Crippen molar-refractivity contribution < 1.29 is 23.8 Å². The lowest BCUT2D eigenvalue weighted by atomic mass is 10.0. The van der Waals surface area contributed by atoms with Crippen LogP contribution < -0.4 is 10.1 Å². The van der Waals surface area contributed by atoms with Gasteiger partial charge in [0.25, 0.3) is 5.91 Å². The summed E-state index contributed by atoms with van der Waals surface area (Å²) >= 11 is 0. The second-order valence-corrected chi connectivity index (χ2v) is 7.89. The molecular weight excluding hydrogens is 403 g/mol. The summed E-state index contributed by atoms with van der Waals surface area (Å²) in [5, 5.41) is 15.9. The Morgan fingerprint density at radius 1 is 1.35 bits per heavy atom. The van der Waals surface area contributed by atoms with Crippen LogP contribution in [0, 0.1) is 18.7 Å². The van der Waals surface area contributed by atoms with Crippen LogP contribution in [0.5, 0.6) is 5.75 Å². The third-order valence-electron chi connectivity index (χ3n) is 4.89. The third kappa shape index (κ3) is 5.49. The van der Waals surface area contributed by atoms with Crippen LogP contribution >= 0.6 is 0 Å². The molecule has 0 aliphatic carbocycles. The highest BCUT2D eigenvalue weighted by Crippen LogP contribution is 2.26. The number of halogens is 1. The predicted octanol–water partition coefficient (Wildman–Crippen LogP) is 2.48. The number of carbonyl (C=O) groups is 2. The monoisotopic (exact) mass is 430 g/mol. The van der Waals surface area contributed by atoms with Gasteiger partial charge in [0.2, 0.25) is 5.91 Å². The fraction of sp³-hybridized carbons (Fsp3) is 0.409. The molecule has 9 heteroatoms. The lowest BCUT2D eigenvalue weighted by Gasteiger charge is -2.28. The van der Waals surface area contributed by atoms with Gasteiger partial charge < -0.3 is 20.1 Å². The number of amides is 2. The van der Waals surface area contributed by atoms with E-state index in [4.69, 9.17) is 9.84 Å². The normalized spacial score (nSPS) is 14.7. The fourth-order valence-corrected chi connectivity index (χ4v) is 3.37. The van der Waals surface area contributed by atoms with Crippen molar-refractivity contribution in [1.82, 2.24) is 14.7 Å². The number of aliphatic hydroxyl groups is 1. The van der Waals surface area contributed by atoms with E-state index in [0.29, 0.717) is 24.3 Å². The highest BCUT2D eigenvalue weighted by molar-refractivity contribution is 5.99. The van der Waals surface area contributed by atoms with Crippen LogP contribution in [0.2, 0.25) is 0 Å². The molecule has 0 saturated heterocycles. The topological polar surface area (TPSA) is 96.7 Å². The number of hydrogen-bond acceptors (Lipinski definition) is 5. The van der Waals surface area contributed by atoms with Gasteiger partial charge in [0.1, 0.15) is 11.8 Å². The highest BCUT2D eigenvalue weighted by atomic mass is 19.1. The van der Waals surface area contributed by atoms with Crippen molar-refractivity contribution in [2.75, 3.05) is 18.5 Å². The SMILES string of the molecule is Cc1cccc(OC2=CC(=O)N([C@@H](CC(C)C)C(=O)Nc3ccn(CCO)n3)C2)c1F. The number of rotatable bonds is 9. The molecule has 0 fully saturated rings. The van der Waals surface area contributed by atoms with E-state index in [2.05, 4.69) is 10.4 Å². The molecule has 1 atom stereocenters. The van der Waals surface area contributed by atoms with Gasteiger partial charge in [0.05, 0.1) is 19.7 Å². The summed E-state index contributed by atoms with van der Waals surface area (Å²) in [7, 11) is 0. The van der Waals surface area contributed by atoms with E-state index in [1.807, 2.05) is 13.8 Å². The van der Waals surface area contributed by atoms with Crippen LogP contribution in [-0.2, 0) is 16.1 Å². The Bertz CT molecular complexity index is 986. The van der Waals surface area contributed by atoms with Gasteiger partial charge in [-0.15, -0.1) is 0 Å². The maximum atomic E-state index is 14.3. The Morgan fingerprint density at radius 3 is 2.84 bits per heavy atom. The maximum Gasteiger partial charge on any atom is 0.251 e. The predicted molar refractivity (Wildman–Crippen MR) is 113 cm³/mol. The molecule has 8 nitrogen and oxygen atoms in total. The molecular formula is C22H27FN4O4. The van der Waals surface area contributed by atoms with Gasteiger partial charge in [-0.1, -0.05) is 26.0 Å². The van der Waals surface area contributed by atoms with Crippen molar-refractivity contribution in [3.8, 4) is 5.75 Å². The average Bonchev–Trinajstić information content (AvgIpc) is 3.29. The summed E-state index contributed by atoms with van der Waals surface area (Å²) in [5.74, 6) is -0.408. The number of benzene rings is 1. The molecule has 0 bridgehead atoms. The first kappa shape index (κ1) is 22.5. The number of aryl methyl sites for hydroxylation is 1. The van der Waals surface area contributed by atoms with E-state index in [-0.39, 0.29) is 42.4 Å². The number of ether oxygens (including phenoxy) is 1. The number of nitrogens with one attached hydrogen (secondary N) is 1. The summed E-state index contributed by atoms with van der Waals surface area (Å²) in [6.07, 6.45) is 3.38. The number of aromatic nitrogens is 2. The third-order valence-corrected chi connectivity index (χ3v) is 4.89. The zero-order valence-corrected chi connectivity index (χ0v) is 17.8. The molecule has 1 aromatic heterocycles. The molecule has 2 heterocycles. The Kier molecular flexibility index (Phi) is 7.06. The first-order valence-corrected chi connectivity index (χ1v) is 10.2. The van der Waals surface area contributed by atoms with Crippen LogP contribution in [0.1, 0.15) is 25.8 Å². The minimum absolute atomic E-state index is 0.0418. The quantitative estimate of drug-likeness (QED) is 0.637. The average molecular weight is 430 g/mol. The van der Waals surface area contributed by atoms with Gasteiger partial charge in [-0.25, -0.2) is 4.39 Å². The summed E-state index contributed by atoms with van der Waals surface area (Å²) in [5.41, 5.74) is 0.442. The Hall–Kier alpha value is -3.20. The van der Waals surface area contributed by atoms with Crippen molar-refractivity contribution in [2.24, 2.45) is 5.92 Å². The van der Waals surface area contributed by atoms with Crippen LogP contribution in [-0.4, -0.2) is 50.8 Å². The molecule has 1 aliphatic heterocycles. The lowest BCUT2D eigenvalue weighted by Crippen LogP contribution is -2.46. The molecule has 166 valence electrons. The lowest BCUT2D eigenvalue weighted by molar-refractivity contribution is -0.133. The van der Waals surface area contributed by atoms with E-state index in [1.165, 1.54) is 21.7 Å². The van der Waals surface area contributed by atoms with Crippen LogP contribution in [0.25, 0.3) is 0 Å². The number of hydrogen-bond donors (Lipinski definition) is 2. The van der Waals surface area contributed by atoms with Gasteiger partial charge >= 0.3 is 0 Å². The maximum absolute atomic E-state index is 14.3. The van der Waals surface area contributed by atoms with Gasteiger partial charge in [-0.3, -0.25) is 14.3 Å². The van der Waals surface area contributed by atoms with Crippen molar-refractivity contribution in [1.29, 1.82) is 0 Å². The minimum Gasteiger partial charge on any atom is -0.457 e. The molecule has 2 amide bonds. The molecule has 0 saturated carbocycles. The number of anilines is 1. The van der Waals surface area contributed by atoms with E-state index in [1.54, 1.807) is 31.3 Å². The molecule has 0 radical (unpaired) electrons. The van der Waals surface area contributed by atoms with Gasteiger partial charge in [0.15, 0.2) is 17.4 Å². The van der Waals surface area contributed by atoms with E-state index in [0.717, 1.165) is 0 Å². The standard InChI is InChI=1S/C22H27FN4O4/c1-14(2)11-17(22(30)24-19-7-8-26(25-19)9-10-28)27-13-16(12-20(27)29)31-18-6-4-5-15(3)21(18)23/h4-8,12,14,17,28H,9-11,13H2,1-3H3,(H,24,25,30)/t17-/m0/s1. The second-order valence-electron chi connectivity index (χ2n) is 7.89. The Balaban J connectivity index is 1.72. The van der Waals surface area contributed by atoms with Crippen molar-refractivity contribution in [3.05, 3.63) is 53.7 Å². The molecule has 0 spiro atoms. The molecule has 31 heavy (non-hydrogen) atoms. The Morgan fingerprint density at radius 2 is 2.13 bits per heavy atom. The molecule has 0 unspecified atom stereocenters. The molecule has 1 aliphatic rings. The summed E-state index contributed by atoms with van der Waals surface area (Å²) in [6.45, 7) is 5.87. The zero-order valence-electron chi connectivity index (χ0n) is 17.8. The van der Waals surface area contributed by atoms with Crippen LogP contribution in [0.4, 0.5) is 10.2 Å². The molecule has 1 aromatic carbocycles. The second kappa shape index (κ2) is 9.74. The zero-order chi connectivity index (χ0) is 22.5. The van der Waals surface area contributed by atoms with E-state index >= 15 is 0 Å². The van der Waals surface area contributed by atoms with Crippen LogP contribution in [0.15, 0.2) is 42.3 Å². The fourth-order valence-electron chi connectivity index (χ4n) is 3.37. The van der Waals surface area contributed by atoms with Gasteiger partial charge in [-0.2, -0.15) is 5.10 Å². The van der Waals surface area contributed by atoms with Crippen LogP contribution in [0.3, 0.4) is 0 Å². The highest BCUT2D eigenvalue weighted by Gasteiger charge is 2.35. The van der Waals surface area contributed by atoms with E-state index < -0.39 is 11.9 Å². The number of carbonyl (C=O) groups excluding carboxylic acids is 2. The number of aliphatic hydroxyl groups excluding tert-OH is 1. The van der Waals surface area contributed by atoms with Gasteiger partial charge in [0, 0.05) is 18.3 Å². The summed E-state index contributed by atoms with van der Waals surface area (Å²) in [4.78, 5) is 27.0. The largest absolute Gasteiger partial charge is 0.457 e. The summed E-state index contributed by atoms with van der Waals surface area (Å²) in [6, 6.07) is 5.69. The van der Waals surface area contributed by atoms with Gasteiger partial charge in [-0.05, 0) is 30.9 Å². The number of nitrogens with zero attached hydrogens (tertiary/aromatic N) is 3. The van der Waals surface area contributed by atoms with Crippen molar-refractivity contribution >= 4 is 17.6 Å². The Labute approximate surface area is 180 Å². The summed E-state index contributed by atoms with van der Waals surface area (Å²) < 4.78 is 21.4. The van der Waals surface area contributed by atoms with Crippen molar-refractivity contribution in [2.45, 2.75) is 39.8 Å². The minimum atomic E-state index is -0.741. The molecule has 3 rings (SSSR count). The van der Waals surface area contributed by atoms with Crippen molar-refractivity contribution in [3.63, 3.8) is 0 Å². The van der Waals surface area contributed by atoms with E-state index in [9.17, 15) is 14.0 Å². The molecule has 2 aromatic rings. The smallest absolute Gasteiger partial charge is 0.251 e.